The highest BCUT2D eigenvalue weighted by atomic mass is 32.1. The summed E-state index contributed by atoms with van der Waals surface area (Å²) in [6.45, 7) is 3.80. The van der Waals surface area contributed by atoms with Crippen LogP contribution in [0.4, 0.5) is 5.69 Å². The molecule has 0 spiro atoms. The number of para-hydroxylation sites is 1. The third-order valence-corrected chi connectivity index (χ3v) is 3.54. The Kier molecular flexibility index (Phi) is 3.58. The number of benzene rings is 1. The monoisotopic (exact) mass is 259 g/mol. The van der Waals surface area contributed by atoms with Gasteiger partial charge in [0.15, 0.2) is 0 Å². The second kappa shape index (κ2) is 5.14. The number of anilines is 1. The van der Waals surface area contributed by atoms with E-state index in [0.29, 0.717) is 10.6 Å². The minimum Gasteiger partial charge on any atom is -0.319 e. The Labute approximate surface area is 109 Å². The summed E-state index contributed by atoms with van der Waals surface area (Å²) in [5.41, 5.74) is 2.61. The van der Waals surface area contributed by atoms with Crippen molar-refractivity contribution in [1.82, 2.24) is 0 Å². The van der Waals surface area contributed by atoms with Crippen LogP contribution < -0.4 is 5.32 Å². The van der Waals surface area contributed by atoms with E-state index in [-0.39, 0.29) is 0 Å². The molecule has 92 valence electrons. The molecule has 2 rings (SSSR count). The fraction of sp³-hybridized carbons (Fsp3) is 0.143. The van der Waals surface area contributed by atoms with Crippen molar-refractivity contribution in [1.29, 1.82) is 0 Å². The Morgan fingerprint density at radius 1 is 1.06 bits per heavy atom. The molecule has 0 aliphatic carbocycles. The van der Waals surface area contributed by atoms with Crippen molar-refractivity contribution < 1.29 is 9.59 Å². The molecule has 0 atom stereocenters. The number of carbonyl (C=O) groups is 2. The number of hydrogen-bond donors (Lipinski definition) is 1. The fourth-order valence-electron chi connectivity index (χ4n) is 1.70. The summed E-state index contributed by atoms with van der Waals surface area (Å²) in [6, 6.07) is 9.12. The molecule has 0 unspecified atom stereocenters. The summed E-state index contributed by atoms with van der Waals surface area (Å²) in [6.07, 6.45) is 0. The Morgan fingerprint density at radius 3 is 2.28 bits per heavy atom. The van der Waals surface area contributed by atoms with Crippen molar-refractivity contribution in [3.63, 3.8) is 0 Å². The van der Waals surface area contributed by atoms with Crippen molar-refractivity contribution in [2.45, 2.75) is 13.8 Å². The summed E-state index contributed by atoms with van der Waals surface area (Å²) in [7, 11) is 0. The topological polar surface area (TPSA) is 46.2 Å². The van der Waals surface area contributed by atoms with E-state index in [2.05, 4.69) is 5.32 Å². The number of nitrogens with one attached hydrogen (secondary N) is 1. The van der Waals surface area contributed by atoms with E-state index in [9.17, 15) is 9.59 Å². The molecule has 1 aromatic carbocycles. The molecule has 18 heavy (non-hydrogen) atoms. The van der Waals surface area contributed by atoms with Gasteiger partial charge in [-0.2, -0.15) is 0 Å². The number of rotatable bonds is 3. The van der Waals surface area contributed by atoms with Crippen LogP contribution in [0.5, 0.6) is 0 Å². The lowest BCUT2D eigenvalue weighted by atomic mass is 10.1. The molecule has 1 aromatic heterocycles. The molecule has 0 aliphatic rings. The van der Waals surface area contributed by atoms with Gasteiger partial charge in [-0.1, -0.05) is 24.3 Å². The Bertz CT molecular complexity index is 568. The number of hydrogen-bond acceptors (Lipinski definition) is 3. The zero-order chi connectivity index (χ0) is 13.1. The highest BCUT2D eigenvalue weighted by Gasteiger charge is 2.18. The third kappa shape index (κ3) is 2.49. The van der Waals surface area contributed by atoms with Crippen LogP contribution in [0.2, 0.25) is 0 Å². The lowest BCUT2D eigenvalue weighted by Gasteiger charge is -2.10. The summed E-state index contributed by atoms with van der Waals surface area (Å²) < 4.78 is 0. The van der Waals surface area contributed by atoms with Crippen LogP contribution in [-0.2, 0) is 4.79 Å². The van der Waals surface area contributed by atoms with Gasteiger partial charge >= 0.3 is 0 Å². The van der Waals surface area contributed by atoms with Crippen molar-refractivity contribution in [2.75, 3.05) is 5.32 Å². The van der Waals surface area contributed by atoms with E-state index in [0.717, 1.165) is 11.1 Å². The fourth-order valence-corrected chi connectivity index (χ4v) is 2.36. The number of carbonyl (C=O) groups excluding carboxylic acids is 2. The summed E-state index contributed by atoms with van der Waals surface area (Å²) in [5.74, 6) is -1.08. The van der Waals surface area contributed by atoms with Crippen molar-refractivity contribution in [3.8, 4) is 0 Å². The average Bonchev–Trinajstić information content (AvgIpc) is 2.86. The Hall–Kier alpha value is -1.94. The van der Waals surface area contributed by atoms with Gasteiger partial charge in [0.05, 0.1) is 4.88 Å². The lowest BCUT2D eigenvalue weighted by Crippen LogP contribution is -2.23. The van der Waals surface area contributed by atoms with Gasteiger partial charge in [0.2, 0.25) is 0 Å². The van der Waals surface area contributed by atoms with Gasteiger partial charge in [-0.15, -0.1) is 11.3 Å². The summed E-state index contributed by atoms with van der Waals surface area (Å²) >= 11 is 1.27. The minimum atomic E-state index is -0.588. The van der Waals surface area contributed by atoms with Gasteiger partial charge < -0.3 is 5.32 Å². The predicted octanol–water partition coefficient (Wildman–Crippen LogP) is 3.19. The van der Waals surface area contributed by atoms with Crippen molar-refractivity contribution >= 4 is 28.7 Å². The molecular formula is C14H13NO2S. The van der Waals surface area contributed by atoms with E-state index < -0.39 is 11.7 Å². The normalized spacial score (nSPS) is 10.1. The number of ketones is 1. The number of Topliss-reactive ketones (excluding diaryl/α,β-unsaturated/α-hetero) is 1. The molecule has 0 aliphatic heterocycles. The number of aryl methyl sites for hydroxylation is 2. The van der Waals surface area contributed by atoms with E-state index in [1.807, 2.05) is 32.0 Å². The smallest absolute Gasteiger partial charge is 0.297 e. The van der Waals surface area contributed by atoms with Gasteiger partial charge in [-0.05, 0) is 36.4 Å². The first-order chi connectivity index (χ1) is 8.59. The minimum absolute atomic E-state index is 0.457. The van der Waals surface area contributed by atoms with Gasteiger partial charge in [-0.3, -0.25) is 9.59 Å². The third-order valence-electron chi connectivity index (χ3n) is 2.67. The van der Waals surface area contributed by atoms with E-state index in [4.69, 9.17) is 0 Å². The first-order valence-corrected chi connectivity index (χ1v) is 6.43. The van der Waals surface area contributed by atoms with Crippen LogP contribution in [0.3, 0.4) is 0 Å². The maximum Gasteiger partial charge on any atom is 0.297 e. The second-order valence-corrected chi connectivity index (χ2v) is 4.98. The van der Waals surface area contributed by atoms with E-state index in [1.165, 1.54) is 11.3 Å². The molecule has 1 heterocycles. The highest BCUT2D eigenvalue weighted by molar-refractivity contribution is 7.13. The van der Waals surface area contributed by atoms with Crippen molar-refractivity contribution in [3.05, 3.63) is 51.7 Å². The lowest BCUT2D eigenvalue weighted by molar-refractivity contribution is -0.112. The van der Waals surface area contributed by atoms with Gasteiger partial charge in [-0.25, -0.2) is 0 Å². The SMILES string of the molecule is Cc1cccc(C)c1NC(=O)C(=O)c1cccs1. The first-order valence-electron chi connectivity index (χ1n) is 5.55. The molecule has 0 fully saturated rings. The Balaban J connectivity index is 2.20. The van der Waals surface area contributed by atoms with Crippen LogP contribution in [0.25, 0.3) is 0 Å². The molecule has 0 saturated carbocycles. The molecule has 0 saturated heterocycles. The van der Waals surface area contributed by atoms with Gasteiger partial charge in [0.25, 0.3) is 11.7 Å². The van der Waals surface area contributed by atoms with Crippen LogP contribution >= 0.6 is 11.3 Å². The second-order valence-electron chi connectivity index (χ2n) is 4.03. The standard InChI is InChI=1S/C14H13NO2S/c1-9-5-3-6-10(2)12(9)15-14(17)13(16)11-7-4-8-18-11/h3-8H,1-2H3,(H,15,17). The number of amides is 1. The number of thiophene rings is 1. The zero-order valence-corrected chi connectivity index (χ0v) is 11.0. The van der Waals surface area contributed by atoms with E-state index >= 15 is 0 Å². The summed E-state index contributed by atoms with van der Waals surface area (Å²) in [4.78, 5) is 24.1. The molecule has 3 nitrogen and oxygen atoms in total. The molecule has 1 amide bonds. The quantitative estimate of drug-likeness (QED) is 0.679. The highest BCUT2D eigenvalue weighted by Crippen LogP contribution is 2.20. The molecule has 4 heteroatoms. The molecule has 2 aromatic rings. The maximum atomic E-state index is 11.9. The van der Waals surface area contributed by atoms with Gasteiger partial charge in [0, 0.05) is 5.69 Å². The van der Waals surface area contributed by atoms with Crippen LogP contribution in [0, 0.1) is 13.8 Å². The van der Waals surface area contributed by atoms with Gasteiger partial charge in [0.1, 0.15) is 0 Å². The average molecular weight is 259 g/mol. The molecule has 0 bridgehead atoms. The molecular weight excluding hydrogens is 246 g/mol. The maximum absolute atomic E-state index is 11.9. The van der Waals surface area contributed by atoms with Crippen molar-refractivity contribution in [2.24, 2.45) is 0 Å². The predicted molar refractivity (Wildman–Crippen MR) is 73.2 cm³/mol. The summed E-state index contributed by atoms with van der Waals surface area (Å²) in [5, 5.41) is 4.46. The molecule has 0 radical (unpaired) electrons. The largest absolute Gasteiger partial charge is 0.319 e. The van der Waals surface area contributed by atoms with E-state index in [1.54, 1.807) is 17.5 Å². The first kappa shape index (κ1) is 12.5. The Morgan fingerprint density at radius 2 is 1.72 bits per heavy atom. The van der Waals surface area contributed by atoms with Crippen LogP contribution in [-0.4, -0.2) is 11.7 Å². The zero-order valence-electron chi connectivity index (χ0n) is 10.2. The van der Waals surface area contributed by atoms with Crippen LogP contribution in [0.1, 0.15) is 20.8 Å². The van der Waals surface area contributed by atoms with Crippen LogP contribution in [0.15, 0.2) is 35.7 Å². The molecule has 1 N–H and O–H groups in total.